The Kier molecular flexibility index (Phi) is 5.96. The SMILES string of the molecule is CCOCCNC(CC)c1ccc(F)cn1. The molecular formula is C12H19FN2O. The Morgan fingerprint density at radius 1 is 1.44 bits per heavy atom. The largest absolute Gasteiger partial charge is 0.380 e. The van der Waals surface area contributed by atoms with Crippen LogP contribution in [0.5, 0.6) is 0 Å². The topological polar surface area (TPSA) is 34.1 Å². The van der Waals surface area contributed by atoms with Crippen LogP contribution >= 0.6 is 0 Å². The molecule has 3 nitrogen and oxygen atoms in total. The van der Waals surface area contributed by atoms with Crippen molar-refractivity contribution in [3.05, 3.63) is 29.8 Å². The number of pyridine rings is 1. The van der Waals surface area contributed by atoms with Gasteiger partial charge in [0.05, 0.1) is 18.5 Å². The standard InChI is InChI=1S/C12H19FN2O/c1-3-11(14-7-8-16-4-2)12-6-5-10(13)9-15-12/h5-6,9,11,14H,3-4,7-8H2,1-2H3. The molecule has 90 valence electrons. The molecule has 0 fully saturated rings. The first-order valence-corrected chi connectivity index (χ1v) is 5.70. The van der Waals surface area contributed by atoms with Crippen molar-refractivity contribution in [2.45, 2.75) is 26.3 Å². The highest BCUT2D eigenvalue weighted by Gasteiger charge is 2.09. The van der Waals surface area contributed by atoms with Crippen molar-refractivity contribution in [3.63, 3.8) is 0 Å². The number of aromatic nitrogens is 1. The molecule has 0 saturated heterocycles. The number of halogens is 1. The summed E-state index contributed by atoms with van der Waals surface area (Å²) in [6.45, 7) is 6.25. The van der Waals surface area contributed by atoms with Crippen molar-refractivity contribution in [1.29, 1.82) is 0 Å². The average Bonchev–Trinajstić information content (AvgIpc) is 2.31. The molecule has 0 aromatic carbocycles. The van der Waals surface area contributed by atoms with Crippen LogP contribution < -0.4 is 5.32 Å². The van der Waals surface area contributed by atoms with Crippen molar-refractivity contribution in [2.75, 3.05) is 19.8 Å². The molecule has 1 rings (SSSR count). The van der Waals surface area contributed by atoms with E-state index in [0.717, 1.165) is 25.3 Å². The number of rotatable bonds is 7. The summed E-state index contributed by atoms with van der Waals surface area (Å²) >= 11 is 0. The molecule has 0 aliphatic heterocycles. The lowest BCUT2D eigenvalue weighted by atomic mass is 10.1. The van der Waals surface area contributed by atoms with Gasteiger partial charge >= 0.3 is 0 Å². The quantitative estimate of drug-likeness (QED) is 0.724. The van der Waals surface area contributed by atoms with E-state index in [0.29, 0.717) is 6.61 Å². The molecule has 4 heteroatoms. The van der Waals surface area contributed by atoms with Gasteiger partial charge in [-0.15, -0.1) is 0 Å². The van der Waals surface area contributed by atoms with E-state index in [1.54, 1.807) is 6.07 Å². The Hall–Kier alpha value is -1.00. The second-order valence-electron chi connectivity index (χ2n) is 3.51. The van der Waals surface area contributed by atoms with E-state index in [9.17, 15) is 4.39 Å². The van der Waals surface area contributed by atoms with Crippen LogP contribution in [0.2, 0.25) is 0 Å². The van der Waals surface area contributed by atoms with Gasteiger partial charge in [0, 0.05) is 19.2 Å². The summed E-state index contributed by atoms with van der Waals surface area (Å²) in [7, 11) is 0. The van der Waals surface area contributed by atoms with Crippen LogP contribution in [0.4, 0.5) is 4.39 Å². The van der Waals surface area contributed by atoms with E-state index in [1.807, 2.05) is 6.92 Å². The van der Waals surface area contributed by atoms with Gasteiger partial charge in [0.25, 0.3) is 0 Å². The van der Waals surface area contributed by atoms with Gasteiger partial charge in [-0.1, -0.05) is 6.92 Å². The van der Waals surface area contributed by atoms with Gasteiger partial charge in [0.15, 0.2) is 0 Å². The zero-order chi connectivity index (χ0) is 11.8. The van der Waals surface area contributed by atoms with Gasteiger partial charge in [-0.05, 0) is 25.5 Å². The van der Waals surface area contributed by atoms with Crippen molar-refractivity contribution >= 4 is 0 Å². The summed E-state index contributed by atoms with van der Waals surface area (Å²) in [6, 6.07) is 3.33. The Bertz CT molecular complexity index is 290. The molecule has 0 aliphatic rings. The summed E-state index contributed by atoms with van der Waals surface area (Å²) in [6.07, 6.45) is 2.17. The fraction of sp³-hybridized carbons (Fsp3) is 0.583. The lowest BCUT2D eigenvalue weighted by Gasteiger charge is -2.16. The minimum atomic E-state index is -0.298. The molecular weight excluding hydrogens is 207 g/mol. The van der Waals surface area contributed by atoms with Gasteiger partial charge in [-0.25, -0.2) is 4.39 Å². The molecule has 0 saturated carbocycles. The lowest BCUT2D eigenvalue weighted by Crippen LogP contribution is -2.25. The number of ether oxygens (including phenoxy) is 1. The molecule has 1 aromatic heterocycles. The zero-order valence-corrected chi connectivity index (χ0v) is 9.87. The minimum absolute atomic E-state index is 0.168. The lowest BCUT2D eigenvalue weighted by molar-refractivity contribution is 0.146. The van der Waals surface area contributed by atoms with Crippen LogP contribution in [0.15, 0.2) is 18.3 Å². The summed E-state index contributed by atoms with van der Waals surface area (Å²) in [4.78, 5) is 4.07. The van der Waals surface area contributed by atoms with Crippen molar-refractivity contribution < 1.29 is 9.13 Å². The molecule has 0 aliphatic carbocycles. The Labute approximate surface area is 96.0 Å². The Morgan fingerprint density at radius 3 is 2.81 bits per heavy atom. The van der Waals surface area contributed by atoms with E-state index in [-0.39, 0.29) is 11.9 Å². The van der Waals surface area contributed by atoms with Crippen molar-refractivity contribution in [1.82, 2.24) is 10.3 Å². The first-order valence-electron chi connectivity index (χ1n) is 5.70. The highest BCUT2D eigenvalue weighted by Crippen LogP contribution is 2.13. The molecule has 0 amide bonds. The Balaban J connectivity index is 2.44. The number of nitrogens with one attached hydrogen (secondary N) is 1. The fourth-order valence-corrected chi connectivity index (χ4v) is 1.50. The molecule has 0 spiro atoms. The van der Waals surface area contributed by atoms with Crippen molar-refractivity contribution in [3.8, 4) is 0 Å². The molecule has 0 bridgehead atoms. The average molecular weight is 226 g/mol. The maximum absolute atomic E-state index is 12.7. The van der Waals surface area contributed by atoms with E-state index < -0.39 is 0 Å². The zero-order valence-electron chi connectivity index (χ0n) is 9.87. The number of nitrogens with zero attached hydrogens (tertiary/aromatic N) is 1. The minimum Gasteiger partial charge on any atom is -0.380 e. The van der Waals surface area contributed by atoms with Crippen LogP contribution in [0.1, 0.15) is 32.0 Å². The molecule has 1 N–H and O–H groups in total. The van der Waals surface area contributed by atoms with E-state index in [1.165, 1.54) is 12.3 Å². The second kappa shape index (κ2) is 7.30. The summed E-state index contributed by atoms with van der Waals surface area (Å²) in [5.41, 5.74) is 0.875. The molecule has 16 heavy (non-hydrogen) atoms. The van der Waals surface area contributed by atoms with Gasteiger partial charge in [0.2, 0.25) is 0 Å². The maximum atomic E-state index is 12.7. The highest BCUT2D eigenvalue weighted by molar-refractivity contribution is 5.09. The number of hydrogen-bond acceptors (Lipinski definition) is 3. The van der Waals surface area contributed by atoms with Gasteiger partial charge in [-0.3, -0.25) is 4.98 Å². The smallest absolute Gasteiger partial charge is 0.141 e. The summed E-state index contributed by atoms with van der Waals surface area (Å²) < 4.78 is 17.9. The van der Waals surface area contributed by atoms with Crippen LogP contribution in [-0.4, -0.2) is 24.7 Å². The Morgan fingerprint density at radius 2 is 2.25 bits per heavy atom. The van der Waals surface area contributed by atoms with Crippen LogP contribution in [0, 0.1) is 5.82 Å². The first-order chi connectivity index (χ1) is 7.77. The predicted molar refractivity (Wildman–Crippen MR) is 61.7 cm³/mol. The normalized spacial score (nSPS) is 12.7. The second-order valence-corrected chi connectivity index (χ2v) is 3.51. The van der Waals surface area contributed by atoms with Crippen molar-refractivity contribution in [2.24, 2.45) is 0 Å². The molecule has 1 unspecified atom stereocenters. The van der Waals surface area contributed by atoms with E-state index in [4.69, 9.17) is 4.74 Å². The van der Waals surface area contributed by atoms with E-state index in [2.05, 4.69) is 17.2 Å². The van der Waals surface area contributed by atoms with E-state index >= 15 is 0 Å². The third kappa shape index (κ3) is 4.24. The number of hydrogen-bond donors (Lipinski definition) is 1. The molecule has 1 atom stereocenters. The van der Waals surface area contributed by atoms with Gasteiger partial charge in [0.1, 0.15) is 5.82 Å². The fourth-order valence-electron chi connectivity index (χ4n) is 1.50. The molecule has 1 heterocycles. The van der Waals surface area contributed by atoms with Crippen LogP contribution in [-0.2, 0) is 4.74 Å². The van der Waals surface area contributed by atoms with Gasteiger partial charge in [-0.2, -0.15) is 0 Å². The first kappa shape index (κ1) is 13.1. The monoisotopic (exact) mass is 226 g/mol. The third-order valence-electron chi connectivity index (χ3n) is 2.36. The predicted octanol–water partition coefficient (Wildman–Crippen LogP) is 2.30. The van der Waals surface area contributed by atoms with Gasteiger partial charge < -0.3 is 10.1 Å². The summed E-state index contributed by atoms with van der Waals surface area (Å²) in [5, 5.41) is 3.33. The molecule has 1 aromatic rings. The third-order valence-corrected chi connectivity index (χ3v) is 2.36. The maximum Gasteiger partial charge on any atom is 0.141 e. The summed E-state index contributed by atoms with van der Waals surface area (Å²) in [5.74, 6) is -0.298. The highest BCUT2D eigenvalue weighted by atomic mass is 19.1. The molecule has 0 radical (unpaired) electrons. The van der Waals surface area contributed by atoms with Crippen LogP contribution in [0.25, 0.3) is 0 Å². The van der Waals surface area contributed by atoms with Crippen LogP contribution in [0.3, 0.4) is 0 Å².